The molecular formula is C24H42O5. The number of hydrogen-bond donors (Lipinski definition) is 0. The van der Waals surface area contributed by atoms with Crippen LogP contribution in [-0.4, -0.2) is 11.9 Å². The quantitative estimate of drug-likeness (QED) is 0.335. The van der Waals surface area contributed by atoms with Gasteiger partial charge in [0.25, 0.3) is 0 Å². The number of unbranched alkanes of at least 4 members (excludes halogenated alkanes) is 2. The molecular weight excluding hydrogens is 368 g/mol. The van der Waals surface area contributed by atoms with E-state index >= 15 is 0 Å². The van der Waals surface area contributed by atoms with Gasteiger partial charge in [0.15, 0.2) is 0 Å². The molecule has 1 aliphatic carbocycles. The molecule has 0 aromatic rings. The molecule has 0 aromatic heterocycles. The first-order valence-corrected chi connectivity index (χ1v) is 12.1. The van der Waals surface area contributed by atoms with Crippen LogP contribution in [0.5, 0.6) is 0 Å². The Morgan fingerprint density at radius 3 is 1.52 bits per heavy atom. The van der Waals surface area contributed by atoms with Gasteiger partial charge in [0, 0.05) is 5.04 Å². The van der Waals surface area contributed by atoms with Crippen LogP contribution in [0.3, 0.4) is 0 Å². The lowest BCUT2D eigenvalue weighted by atomic mass is 9.50. The molecule has 0 N–H and O–H groups in total. The molecule has 0 spiro atoms. The van der Waals surface area contributed by atoms with Gasteiger partial charge < -0.3 is 0 Å². The Balaban J connectivity index is 2.45. The third-order valence-corrected chi connectivity index (χ3v) is 7.73. The Hall–Kier alpha value is -1.10. The normalized spacial score (nSPS) is 29.4. The van der Waals surface area contributed by atoms with Crippen molar-refractivity contribution in [3.05, 3.63) is 0 Å². The van der Waals surface area contributed by atoms with Crippen molar-refractivity contribution < 1.29 is 24.4 Å². The van der Waals surface area contributed by atoms with Crippen molar-refractivity contribution in [2.24, 2.45) is 22.7 Å². The van der Waals surface area contributed by atoms with Crippen molar-refractivity contribution in [1.82, 2.24) is 0 Å². The smallest absolute Gasteiger partial charge is 0.259 e. The Labute approximate surface area is 177 Å². The van der Waals surface area contributed by atoms with Crippen LogP contribution in [0.4, 0.5) is 0 Å². The molecule has 1 aliphatic heterocycles. The molecule has 168 valence electrons. The van der Waals surface area contributed by atoms with E-state index in [0.717, 1.165) is 64.2 Å². The SMILES string of the molecule is CCCCC(CC)CC12CCCCC1(CC(CC)CCCC)C(=O)OOOC2=O. The van der Waals surface area contributed by atoms with Crippen molar-refractivity contribution >= 4 is 11.9 Å². The van der Waals surface area contributed by atoms with E-state index in [2.05, 4.69) is 32.7 Å². The zero-order chi connectivity index (χ0) is 21.3. The minimum atomic E-state index is -0.827. The lowest BCUT2D eigenvalue weighted by Crippen LogP contribution is -2.55. The molecule has 1 saturated carbocycles. The highest BCUT2D eigenvalue weighted by molar-refractivity contribution is 5.89. The van der Waals surface area contributed by atoms with Gasteiger partial charge in [-0.15, -0.1) is 0 Å². The van der Waals surface area contributed by atoms with Crippen LogP contribution in [-0.2, 0) is 24.4 Å². The van der Waals surface area contributed by atoms with Crippen molar-refractivity contribution in [3.63, 3.8) is 0 Å². The van der Waals surface area contributed by atoms with Crippen LogP contribution in [0.15, 0.2) is 0 Å². The van der Waals surface area contributed by atoms with Gasteiger partial charge in [-0.25, -0.2) is 9.59 Å². The van der Waals surface area contributed by atoms with E-state index in [-0.39, 0.29) is 11.9 Å². The van der Waals surface area contributed by atoms with Gasteiger partial charge >= 0.3 is 11.9 Å². The van der Waals surface area contributed by atoms with Crippen molar-refractivity contribution in [2.75, 3.05) is 0 Å². The molecule has 4 unspecified atom stereocenters. The van der Waals surface area contributed by atoms with Crippen LogP contribution < -0.4 is 0 Å². The Kier molecular flexibility index (Phi) is 9.45. The molecule has 0 aromatic carbocycles. The molecule has 29 heavy (non-hydrogen) atoms. The number of carbonyl (C=O) groups excluding carboxylic acids is 2. The monoisotopic (exact) mass is 410 g/mol. The fourth-order valence-corrected chi connectivity index (χ4v) is 5.80. The number of rotatable bonds is 12. The summed E-state index contributed by atoms with van der Waals surface area (Å²) in [6.07, 6.45) is 13.4. The van der Waals surface area contributed by atoms with Gasteiger partial charge in [-0.2, -0.15) is 0 Å². The van der Waals surface area contributed by atoms with E-state index in [1.807, 2.05) is 0 Å². The molecule has 2 fully saturated rings. The highest BCUT2D eigenvalue weighted by atomic mass is 17.5. The first-order chi connectivity index (χ1) is 14.0. The topological polar surface area (TPSA) is 61.8 Å². The van der Waals surface area contributed by atoms with Crippen molar-refractivity contribution in [2.45, 2.75) is 118 Å². The summed E-state index contributed by atoms with van der Waals surface area (Å²) < 4.78 is 0. The summed E-state index contributed by atoms with van der Waals surface area (Å²) in [5.74, 6) is 0.0369. The summed E-state index contributed by atoms with van der Waals surface area (Å²) in [5.41, 5.74) is -1.65. The maximum absolute atomic E-state index is 13.4. The first-order valence-electron chi connectivity index (χ1n) is 12.1. The van der Waals surface area contributed by atoms with Gasteiger partial charge in [0.05, 0.1) is 10.8 Å². The summed E-state index contributed by atoms with van der Waals surface area (Å²) >= 11 is 0. The third-order valence-electron chi connectivity index (χ3n) is 7.73. The average molecular weight is 411 g/mol. The van der Waals surface area contributed by atoms with Gasteiger partial charge in [-0.05, 0) is 37.5 Å². The molecule has 2 aliphatic rings. The maximum atomic E-state index is 13.4. The van der Waals surface area contributed by atoms with Crippen LogP contribution in [0, 0.1) is 22.7 Å². The standard InChI is InChI=1S/C24H42O5/c1-5-9-13-19(7-3)17-23-15-11-12-16-24(23,18-20(8-4)14-10-6-2)22(26)28-29-27-21(23)25/h19-20H,5-18H2,1-4H3. The fraction of sp³-hybridized carbons (Fsp3) is 0.917. The molecule has 1 heterocycles. The highest BCUT2D eigenvalue weighted by Gasteiger charge is 2.66. The van der Waals surface area contributed by atoms with Crippen LogP contribution in [0.2, 0.25) is 0 Å². The molecule has 0 radical (unpaired) electrons. The van der Waals surface area contributed by atoms with E-state index in [9.17, 15) is 9.59 Å². The summed E-state index contributed by atoms with van der Waals surface area (Å²) in [6, 6.07) is 0. The highest BCUT2D eigenvalue weighted by Crippen LogP contribution is 2.60. The van der Waals surface area contributed by atoms with Gasteiger partial charge in [0.2, 0.25) is 0 Å². The molecule has 0 amide bonds. The van der Waals surface area contributed by atoms with Gasteiger partial charge in [0.1, 0.15) is 0 Å². The van der Waals surface area contributed by atoms with E-state index in [1.54, 1.807) is 0 Å². The number of fused-ring (bicyclic) bond motifs is 1. The second kappa shape index (κ2) is 11.3. The fourth-order valence-electron chi connectivity index (χ4n) is 5.80. The molecule has 5 nitrogen and oxygen atoms in total. The number of carbonyl (C=O) groups is 2. The number of hydrogen-bond acceptors (Lipinski definition) is 5. The van der Waals surface area contributed by atoms with E-state index in [4.69, 9.17) is 9.78 Å². The minimum Gasteiger partial charge on any atom is -0.259 e. The summed E-state index contributed by atoms with van der Waals surface area (Å²) in [7, 11) is 0. The Bertz CT molecular complexity index is 487. The van der Waals surface area contributed by atoms with Gasteiger partial charge in [-0.3, -0.25) is 9.78 Å². The molecule has 2 rings (SSSR count). The second-order valence-corrected chi connectivity index (χ2v) is 9.42. The van der Waals surface area contributed by atoms with Crippen LogP contribution in [0.25, 0.3) is 0 Å². The first kappa shape index (κ1) is 24.2. The van der Waals surface area contributed by atoms with E-state index < -0.39 is 10.8 Å². The predicted molar refractivity (Wildman–Crippen MR) is 112 cm³/mol. The summed E-state index contributed by atoms with van der Waals surface area (Å²) in [5, 5.41) is 4.65. The third kappa shape index (κ3) is 5.15. The predicted octanol–water partition coefficient (Wildman–Crippen LogP) is 6.69. The maximum Gasteiger partial charge on any atom is 0.353 e. The van der Waals surface area contributed by atoms with Crippen molar-refractivity contribution in [1.29, 1.82) is 0 Å². The lowest BCUT2D eigenvalue weighted by molar-refractivity contribution is -0.457. The minimum absolute atomic E-state index is 0.386. The average Bonchev–Trinajstić information content (AvgIpc) is 2.83. The summed E-state index contributed by atoms with van der Waals surface area (Å²) in [6.45, 7) is 8.77. The van der Waals surface area contributed by atoms with Crippen LogP contribution in [0.1, 0.15) is 118 Å². The van der Waals surface area contributed by atoms with Gasteiger partial charge in [-0.1, -0.05) is 91.9 Å². The Morgan fingerprint density at radius 2 is 1.17 bits per heavy atom. The second-order valence-electron chi connectivity index (χ2n) is 9.42. The largest absolute Gasteiger partial charge is 0.353 e. The summed E-state index contributed by atoms with van der Waals surface area (Å²) in [4.78, 5) is 36.8. The lowest BCUT2D eigenvalue weighted by Gasteiger charge is -2.50. The Morgan fingerprint density at radius 1 is 0.759 bits per heavy atom. The van der Waals surface area contributed by atoms with Crippen molar-refractivity contribution in [3.8, 4) is 0 Å². The zero-order valence-corrected chi connectivity index (χ0v) is 19.1. The molecule has 4 atom stereocenters. The van der Waals surface area contributed by atoms with E-state index in [1.165, 1.54) is 0 Å². The molecule has 0 bridgehead atoms. The van der Waals surface area contributed by atoms with Crippen LogP contribution >= 0.6 is 0 Å². The van der Waals surface area contributed by atoms with E-state index in [0.29, 0.717) is 37.5 Å². The molecule has 5 heteroatoms. The zero-order valence-electron chi connectivity index (χ0n) is 19.1. The molecule has 1 saturated heterocycles.